The van der Waals surface area contributed by atoms with Crippen molar-refractivity contribution in [2.24, 2.45) is 5.92 Å². The maximum absolute atomic E-state index is 11.9. The molecule has 21 heavy (non-hydrogen) atoms. The lowest BCUT2D eigenvalue weighted by Crippen LogP contribution is -2.32. The van der Waals surface area contributed by atoms with Crippen molar-refractivity contribution in [3.05, 3.63) is 23.8 Å². The van der Waals surface area contributed by atoms with Crippen molar-refractivity contribution < 1.29 is 14.3 Å². The number of hydrogen-bond acceptors (Lipinski definition) is 4. The molecule has 2 unspecified atom stereocenters. The van der Waals surface area contributed by atoms with Gasteiger partial charge in [-0.2, -0.15) is 0 Å². The summed E-state index contributed by atoms with van der Waals surface area (Å²) in [5.41, 5.74) is 2.28. The molecule has 0 aliphatic heterocycles. The third-order valence-electron chi connectivity index (χ3n) is 4.09. The Morgan fingerprint density at radius 3 is 2.86 bits per heavy atom. The first-order chi connectivity index (χ1) is 10.1. The highest BCUT2D eigenvalue weighted by molar-refractivity contribution is 5.72. The lowest BCUT2D eigenvalue weighted by Gasteiger charge is -2.29. The molecule has 1 fully saturated rings. The van der Waals surface area contributed by atoms with Gasteiger partial charge in [-0.25, -0.2) is 0 Å². The van der Waals surface area contributed by atoms with Gasteiger partial charge < -0.3 is 14.8 Å². The summed E-state index contributed by atoms with van der Waals surface area (Å²) in [6, 6.07) is 6.36. The van der Waals surface area contributed by atoms with Gasteiger partial charge in [0.1, 0.15) is 5.75 Å². The van der Waals surface area contributed by atoms with Crippen molar-refractivity contribution in [2.45, 2.75) is 45.6 Å². The van der Waals surface area contributed by atoms with Gasteiger partial charge in [0.25, 0.3) is 0 Å². The number of hydrogen-bond donors (Lipinski definition) is 1. The molecule has 2 atom stereocenters. The van der Waals surface area contributed by atoms with Gasteiger partial charge in [-0.1, -0.05) is 6.42 Å². The summed E-state index contributed by atoms with van der Waals surface area (Å²) in [6.45, 7) is 4.39. The van der Waals surface area contributed by atoms with E-state index in [0.29, 0.717) is 12.6 Å². The molecule has 4 nitrogen and oxygen atoms in total. The molecule has 1 N–H and O–H groups in total. The summed E-state index contributed by atoms with van der Waals surface area (Å²) < 4.78 is 10.4. The summed E-state index contributed by atoms with van der Waals surface area (Å²) in [6.07, 6.45) is 3.96. The zero-order valence-corrected chi connectivity index (χ0v) is 13.1. The van der Waals surface area contributed by atoms with Crippen LogP contribution in [0.2, 0.25) is 0 Å². The molecule has 0 spiro atoms. The summed E-state index contributed by atoms with van der Waals surface area (Å²) >= 11 is 0. The number of ether oxygens (including phenoxy) is 2. The molecule has 1 aliphatic carbocycles. The Hall–Kier alpha value is -1.71. The van der Waals surface area contributed by atoms with Crippen LogP contribution in [0.4, 0.5) is 5.69 Å². The van der Waals surface area contributed by atoms with Crippen LogP contribution in [0, 0.1) is 12.8 Å². The molecule has 1 aromatic rings. The lowest BCUT2D eigenvalue weighted by atomic mass is 9.85. The third kappa shape index (κ3) is 4.13. The van der Waals surface area contributed by atoms with Gasteiger partial charge in [-0.05, 0) is 56.9 Å². The van der Waals surface area contributed by atoms with Crippen LogP contribution >= 0.6 is 0 Å². The van der Waals surface area contributed by atoms with Crippen LogP contribution < -0.4 is 10.1 Å². The molecular weight excluding hydrogens is 266 g/mol. The molecule has 0 radical (unpaired) electrons. The molecule has 4 heteroatoms. The van der Waals surface area contributed by atoms with Crippen LogP contribution in [-0.2, 0) is 9.53 Å². The summed E-state index contributed by atoms with van der Waals surface area (Å²) in [5, 5.41) is 3.56. The second-order valence-electron chi connectivity index (χ2n) is 5.64. The van der Waals surface area contributed by atoms with E-state index in [1.165, 1.54) is 0 Å². The quantitative estimate of drug-likeness (QED) is 0.843. The highest BCUT2D eigenvalue weighted by Gasteiger charge is 2.28. The fourth-order valence-corrected chi connectivity index (χ4v) is 2.94. The fourth-order valence-electron chi connectivity index (χ4n) is 2.94. The van der Waals surface area contributed by atoms with Crippen molar-refractivity contribution in [3.8, 4) is 5.75 Å². The monoisotopic (exact) mass is 291 g/mol. The summed E-state index contributed by atoms with van der Waals surface area (Å²) in [5.74, 6) is 0.858. The van der Waals surface area contributed by atoms with Crippen LogP contribution in [0.1, 0.15) is 38.2 Å². The van der Waals surface area contributed by atoms with Gasteiger partial charge in [-0.3, -0.25) is 4.79 Å². The Morgan fingerprint density at radius 2 is 2.19 bits per heavy atom. The molecule has 0 amide bonds. The Morgan fingerprint density at radius 1 is 1.38 bits per heavy atom. The minimum absolute atomic E-state index is 0.0368. The molecule has 0 saturated heterocycles. The van der Waals surface area contributed by atoms with E-state index in [1.54, 1.807) is 7.11 Å². The maximum atomic E-state index is 11.9. The van der Waals surface area contributed by atoms with Crippen LogP contribution in [-0.4, -0.2) is 25.7 Å². The molecule has 1 aromatic carbocycles. The summed E-state index contributed by atoms with van der Waals surface area (Å²) in [7, 11) is 1.67. The van der Waals surface area contributed by atoms with Gasteiger partial charge in [0, 0.05) is 11.7 Å². The predicted molar refractivity (Wildman–Crippen MR) is 83.7 cm³/mol. The van der Waals surface area contributed by atoms with Crippen molar-refractivity contribution in [1.29, 1.82) is 0 Å². The third-order valence-corrected chi connectivity index (χ3v) is 4.09. The second kappa shape index (κ2) is 7.34. The SMILES string of the molecule is CCOC(=O)C1CCCC(Nc2ccc(OC)cc2C)C1. The van der Waals surface area contributed by atoms with E-state index in [2.05, 4.69) is 12.2 Å². The molecule has 1 aliphatic rings. The number of methoxy groups -OCH3 is 1. The minimum Gasteiger partial charge on any atom is -0.497 e. The first kappa shape index (κ1) is 15.7. The number of aryl methyl sites for hydroxylation is 1. The predicted octanol–water partition coefficient (Wildman–Crippen LogP) is 3.54. The van der Waals surface area contributed by atoms with E-state index < -0.39 is 0 Å². The largest absolute Gasteiger partial charge is 0.497 e. The van der Waals surface area contributed by atoms with Crippen LogP contribution in [0.5, 0.6) is 5.75 Å². The normalized spacial score (nSPS) is 21.7. The first-order valence-electron chi connectivity index (χ1n) is 7.71. The zero-order chi connectivity index (χ0) is 15.2. The van der Waals surface area contributed by atoms with Crippen molar-refractivity contribution in [3.63, 3.8) is 0 Å². The molecule has 0 heterocycles. The number of carbonyl (C=O) groups is 1. The fraction of sp³-hybridized carbons (Fsp3) is 0.588. The van der Waals surface area contributed by atoms with Crippen molar-refractivity contribution in [2.75, 3.05) is 19.0 Å². The Bertz CT molecular complexity index is 487. The van der Waals surface area contributed by atoms with E-state index in [0.717, 1.165) is 42.7 Å². The van der Waals surface area contributed by atoms with E-state index in [-0.39, 0.29) is 11.9 Å². The number of nitrogens with one attached hydrogen (secondary N) is 1. The molecular formula is C17H25NO3. The molecule has 116 valence electrons. The standard InChI is InChI=1S/C17H25NO3/c1-4-21-17(19)13-6-5-7-14(11-13)18-16-9-8-15(20-3)10-12(16)2/h8-10,13-14,18H,4-7,11H2,1-3H3. The van der Waals surface area contributed by atoms with E-state index in [1.807, 2.05) is 25.1 Å². The van der Waals surface area contributed by atoms with E-state index >= 15 is 0 Å². The summed E-state index contributed by atoms with van der Waals surface area (Å²) in [4.78, 5) is 11.9. The van der Waals surface area contributed by atoms with Gasteiger partial charge in [0.15, 0.2) is 0 Å². The number of rotatable bonds is 5. The van der Waals surface area contributed by atoms with Crippen LogP contribution in [0.25, 0.3) is 0 Å². The second-order valence-corrected chi connectivity index (χ2v) is 5.64. The highest BCUT2D eigenvalue weighted by atomic mass is 16.5. The van der Waals surface area contributed by atoms with Crippen molar-refractivity contribution in [1.82, 2.24) is 0 Å². The molecule has 2 rings (SSSR count). The van der Waals surface area contributed by atoms with Crippen molar-refractivity contribution >= 4 is 11.7 Å². The minimum atomic E-state index is -0.0459. The number of esters is 1. The Labute approximate surface area is 126 Å². The Balaban J connectivity index is 1.97. The average molecular weight is 291 g/mol. The smallest absolute Gasteiger partial charge is 0.308 e. The van der Waals surface area contributed by atoms with E-state index in [4.69, 9.17) is 9.47 Å². The van der Waals surface area contributed by atoms with Crippen LogP contribution in [0.15, 0.2) is 18.2 Å². The van der Waals surface area contributed by atoms with E-state index in [9.17, 15) is 4.79 Å². The lowest BCUT2D eigenvalue weighted by molar-refractivity contribution is -0.149. The first-order valence-corrected chi connectivity index (χ1v) is 7.71. The topological polar surface area (TPSA) is 47.6 Å². The van der Waals surface area contributed by atoms with Gasteiger partial charge in [0.05, 0.1) is 19.6 Å². The number of anilines is 1. The molecule has 0 aromatic heterocycles. The number of carbonyl (C=O) groups excluding carboxylic acids is 1. The molecule has 0 bridgehead atoms. The van der Waals surface area contributed by atoms with Crippen LogP contribution in [0.3, 0.4) is 0 Å². The highest BCUT2D eigenvalue weighted by Crippen LogP contribution is 2.29. The Kier molecular flexibility index (Phi) is 5.48. The number of benzene rings is 1. The van der Waals surface area contributed by atoms with Gasteiger partial charge in [0.2, 0.25) is 0 Å². The maximum Gasteiger partial charge on any atom is 0.308 e. The zero-order valence-electron chi connectivity index (χ0n) is 13.1. The molecule has 1 saturated carbocycles. The van der Waals surface area contributed by atoms with Gasteiger partial charge >= 0.3 is 5.97 Å². The van der Waals surface area contributed by atoms with Gasteiger partial charge in [-0.15, -0.1) is 0 Å². The average Bonchev–Trinajstić information content (AvgIpc) is 2.50.